The van der Waals surface area contributed by atoms with Crippen LogP contribution in [0.1, 0.15) is 84.9 Å². The Kier molecular flexibility index (Phi) is 6.17. The number of fused-ring (bicyclic) bond motifs is 2. The van der Waals surface area contributed by atoms with Crippen LogP contribution in [-0.4, -0.2) is 65.1 Å². The zero-order chi connectivity index (χ0) is 25.6. The summed E-state index contributed by atoms with van der Waals surface area (Å²) in [5.74, 6) is -1.69. The molecule has 0 spiro atoms. The van der Waals surface area contributed by atoms with Crippen molar-refractivity contribution in [3.8, 4) is 0 Å². The zero-order valence-electron chi connectivity index (χ0n) is 20.2. The van der Waals surface area contributed by atoms with Crippen LogP contribution in [0.2, 0.25) is 0 Å². The summed E-state index contributed by atoms with van der Waals surface area (Å²) in [6.07, 6.45) is 2.26. The number of nitrogens with one attached hydrogen (secondary N) is 1. The van der Waals surface area contributed by atoms with E-state index in [1.54, 1.807) is 6.07 Å². The summed E-state index contributed by atoms with van der Waals surface area (Å²) in [5, 5.41) is 2.72. The van der Waals surface area contributed by atoms with Crippen molar-refractivity contribution in [1.29, 1.82) is 0 Å². The van der Waals surface area contributed by atoms with Crippen LogP contribution in [0.25, 0.3) is 0 Å². The first kappa shape index (κ1) is 23.9. The van der Waals surface area contributed by atoms with E-state index < -0.39 is 17.7 Å². The number of carbonyl (C=O) groups excluding carboxylic acids is 5. The predicted molar refractivity (Wildman–Crippen MR) is 130 cm³/mol. The highest BCUT2D eigenvalue weighted by Crippen LogP contribution is 2.29. The molecule has 3 aliphatic rings. The van der Waals surface area contributed by atoms with Gasteiger partial charge in [-0.1, -0.05) is 13.8 Å². The fraction of sp³-hybridized carbons (Fsp3) is 0.370. The molecule has 5 rings (SSSR count). The largest absolute Gasteiger partial charge is 0.376 e. The van der Waals surface area contributed by atoms with E-state index in [0.717, 1.165) is 12.8 Å². The van der Waals surface area contributed by atoms with Gasteiger partial charge in [0.1, 0.15) is 0 Å². The maximum atomic E-state index is 12.9. The highest BCUT2D eigenvalue weighted by atomic mass is 16.5. The second-order valence-corrected chi connectivity index (χ2v) is 9.78. The molecule has 2 aromatic rings. The van der Waals surface area contributed by atoms with Gasteiger partial charge in [0.2, 0.25) is 0 Å². The van der Waals surface area contributed by atoms with Crippen molar-refractivity contribution in [3.05, 3.63) is 64.2 Å². The van der Waals surface area contributed by atoms with E-state index in [2.05, 4.69) is 5.32 Å². The molecule has 186 valence electrons. The summed E-state index contributed by atoms with van der Waals surface area (Å²) in [6.45, 7) is 5.21. The Morgan fingerprint density at radius 1 is 0.917 bits per heavy atom. The van der Waals surface area contributed by atoms with Crippen molar-refractivity contribution in [3.63, 3.8) is 0 Å². The number of hydrogen-bond donors (Lipinski definition) is 1. The molecule has 0 radical (unpaired) electrons. The van der Waals surface area contributed by atoms with Gasteiger partial charge in [-0.2, -0.15) is 0 Å². The molecule has 1 atom stereocenters. The van der Waals surface area contributed by atoms with Gasteiger partial charge in [0.25, 0.3) is 29.5 Å². The van der Waals surface area contributed by atoms with Crippen LogP contribution < -0.4 is 5.32 Å². The summed E-state index contributed by atoms with van der Waals surface area (Å²) in [4.78, 5) is 66.4. The van der Waals surface area contributed by atoms with Crippen LogP contribution in [-0.2, 0) is 4.74 Å². The molecule has 0 bridgehead atoms. The van der Waals surface area contributed by atoms with E-state index in [1.807, 2.05) is 13.8 Å². The Morgan fingerprint density at radius 3 is 2.25 bits per heavy atom. The van der Waals surface area contributed by atoms with E-state index in [0.29, 0.717) is 36.7 Å². The van der Waals surface area contributed by atoms with E-state index >= 15 is 0 Å². The molecule has 36 heavy (non-hydrogen) atoms. The number of hydrogen-bond acceptors (Lipinski definition) is 6. The van der Waals surface area contributed by atoms with Crippen molar-refractivity contribution in [2.75, 3.05) is 25.0 Å². The molecule has 1 unspecified atom stereocenters. The molecule has 9 heteroatoms. The Hall–Kier alpha value is -3.85. The molecular formula is C27H27N3O6. The molecule has 3 aliphatic heterocycles. The lowest BCUT2D eigenvalue weighted by atomic mass is 10.0. The van der Waals surface area contributed by atoms with Crippen molar-refractivity contribution < 1.29 is 28.7 Å². The third-order valence-corrected chi connectivity index (χ3v) is 6.80. The number of anilines is 1. The van der Waals surface area contributed by atoms with Crippen LogP contribution in [0.4, 0.5) is 5.69 Å². The number of imide groups is 2. The van der Waals surface area contributed by atoms with Crippen LogP contribution in [0.5, 0.6) is 0 Å². The second kappa shape index (κ2) is 9.31. The molecule has 9 nitrogen and oxygen atoms in total. The maximum Gasteiger partial charge on any atom is 0.261 e. The third-order valence-electron chi connectivity index (χ3n) is 6.80. The van der Waals surface area contributed by atoms with Crippen molar-refractivity contribution in [2.24, 2.45) is 5.92 Å². The molecular weight excluding hydrogens is 462 g/mol. The standard InChI is InChI=1S/C27H27N3O6/c1-15(2)9-10-29-24(32)19-7-5-16(12-21(19)26(29)34)23(31)28-17-6-8-20-22(13-17)27(35)30(25(20)33)14-18-4-3-11-36-18/h5-8,12-13,15,18H,3-4,9-11,14H2,1-2H3,(H,28,31). The quantitative estimate of drug-likeness (QED) is 0.597. The van der Waals surface area contributed by atoms with Gasteiger partial charge in [0.15, 0.2) is 0 Å². The zero-order valence-corrected chi connectivity index (χ0v) is 20.2. The smallest absolute Gasteiger partial charge is 0.261 e. The van der Waals surface area contributed by atoms with Crippen LogP contribution in [0.3, 0.4) is 0 Å². The Balaban J connectivity index is 1.31. The maximum absolute atomic E-state index is 12.9. The average Bonchev–Trinajstić information content (AvgIpc) is 3.52. The minimum absolute atomic E-state index is 0.151. The lowest BCUT2D eigenvalue weighted by molar-refractivity contribution is 0.0474. The summed E-state index contributed by atoms with van der Waals surface area (Å²) in [7, 11) is 0. The first-order chi connectivity index (χ1) is 17.2. The predicted octanol–water partition coefficient (Wildman–Crippen LogP) is 3.36. The number of amides is 5. The SMILES string of the molecule is CC(C)CCN1C(=O)c2ccc(C(=O)Nc3ccc4c(c3)C(=O)N(CC3CCCO3)C4=O)cc2C1=O. The number of ether oxygens (including phenoxy) is 1. The van der Waals surface area contributed by atoms with Crippen LogP contribution >= 0.6 is 0 Å². The molecule has 5 amide bonds. The fourth-order valence-electron chi connectivity index (χ4n) is 4.75. The van der Waals surface area contributed by atoms with Crippen molar-refractivity contribution in [1.82, 2.24) is 9.80 Å². The van der Waals surface area contributed by atoms with Crippen LogP contribution in [0, 0.1) is 5.92 Å². The van der Waals surface area contributed by atoms with E-state index in [1.165, 1.54) is 40.1 Å². The number of benzene rings is 2. The van der Waals surface area contributed by atoms with E-state index in [-0.39, 0.29) is 46.7 Å². The van der Waals surface area contributed by atoms with Crippen molar-refractivity contribution >= 4 is 35.2 Å². The number of rotatable bonds is 7. The molecule has 3 heterocycles. The number of nitrogens with zero attached hydrogens (tertiary/aromatic N) is 2. The van der Waals surface area contributed by atoms with E-state index in [4.69, 9.17) is 4.74 Å². The Bertz CT molecular complexity index is 1290. The van der Waals surface area contributed by atoms with Gasteiger partial charge in [-0.3, -0.25) is 33.8 Å². The highest BCUT2D eigenvalue weighted by Gasteiger charge is 2.38. The van der Waals surface area contributed by atoms with Gasteiger partial charge in [-0.05, 0) is 61.6 Å². The third kappa shape index (κ3) is 4.19. The molecule has 0 saturated carbocycles. The summed E-state index contributed by atoms with van der Waals surface area (Å²) in [6, 6.07) is 8.99. The topological polar surface area (TPSA) is 113 Å². The molecule has 1 N–H and O–H groups in total. The second-order valence-electron chi connectivity index (χ2n) is 9.78. The lowest BCUT2D eigenvalue weighted by Crippen LogP contribution is -2.36. The highest BCUT2D eigenvalue weighted by molar-refractivity contribution is 6.23. The molecule has 2 aromatic carbocycles. The summed E-state index contributed by atoms with van der Waals surface area (Å²) >= 11 is 0. The first-order valence-electron chi connectivity index (χ1n) is 12.2. The minimum atomic E-state index is -0.494. The van der Waals surface area contributed by atoms with Gasteiger partial charge < -0.3 is 10.1 Å². The Labute approximate surface area is 208 Å². The number of carbonyl (C=O) groups is 5. The average molecular weight is 490 g/mol. The first-order valence-corrected chi connectivity index (χ1v) is 12.2. The minimum Gasteiger partial charge on any atom is -0.376 e. The van der Waals surface area contributed by atoms with Gasteiger partial charge in [0, 0.05) is 24.4 Å². The molecule has 0 aliphatic carbocycles. The lowest BCUT2D eigenvalue weighted by Gasteiger charge is -2.17. The van der Waals surface area contributed by atoms with Gasteiger partial charge in [-0.25, -0.2) is 0 Å². The molecule has 1 saturated heterocycles. The van der Waals surface area contributed by atoms with Gasteiger partial charge in [-0.15, -0.1) is 0 Å². The molecule has 1 fully saturated rings. The normalized spacial score (nSPS) is 18.9. The van der Waals surface area contributed by atoms with Gasteiger partial charge in [0.05, 0.1) is 34.9 Å². The summed E-state index contributed by atoms with van der Waals surface area (Å²) in [5.41, 5.74) is 1.57. The fourth-order valence-corrected chi connectivity index (χ4v) is 4.75. The summed E-state index contributed by atoms with van der Waals surface area (Å²) < 4.78 is 5.56. The van der Waals surface area contributed by atoms with Crippen LogP contribution in [0.15, 0.2) is 36.4 Å². The Morgan fingerprint density at radius 2 is 1.56 bits per heavy atom. The van der Waals surface area contributed by atoms with E-state index in [9.17, 15) is 24.0 Å². The monoisotopic (exact) mass is 489 g/mol. The van der Waals surface area contributed by atoms with Crippen molar-refractivity contribution in [2.45, 2.75) is 39.2 Å². The van der Waals surface area contributed by atoms with Gasteiger partial charge >= 0.3 is 0 Å². The molecule has 0 aromatic heterocycles.